The summed E-state index contributed by atoms with van der Waals surface area (Å²) < 4.78 is 0. The summed E-state index contributed by atoms with van der Waals surface area (Å²) in [6, 6.07) is 17.6. The standard InChI is InChI=1S/C23H29N3O2/c1-4-26(5-2)17-21-14-10-9-13-20(21)16-24-23(28)22(25-18(3)27)15-19-11-7-6-8-12-19/h6-15H,4-5,16-17H2,1-3H3,(H,24,28)(H,25,27)/b22-15-. The van der Waals surface area contributed by atoms with Crippen LogP contribution in [0.5, 0.6) is 0 Å². The lowest BCUT2D eigenvalue weighted by molar-refractivity contribution is -0.122. The summed E-state index contributed by atoms with van der Waals surface area (Å²) in [7, 11) is 0. The number of carbonyl (C=O) groups excluding carboxylic acids is 2. The predicted molar refractivity (Wildman–Crippen MR) is 113 cm³/mol. The lowest BCUT2D eigenvalue weighted by Gasteiger charge is -2.20. The molecule has 0 unspecified atom stereocenters. The minimum absolute atomic E-state index is 0.236. The highest BCUT2D eigenvalue weighted by Gasteiger charge is 2.12. The Morgan fingerprint density at radius 3 is 2.14 bits per heavy atom. The monoisotopic (exact) mass is 379 g/mol. The van der Waals surface area contributed by atoms with E-state index < -0.39 is 0 Å². The van der Waals surface area contributed by atoms with E-state index in [4.69, 9.17) is 0 Å². The van der Waals surface area contributed by atoms with Crippen LogP contribution in [-0.4, -0.2) is 29.8 Å². The molecular weight excluding hydrogens is 350 g/mol. The molecule has 2 aromatic rings. The molecule has 28 heavy (non-hydrogen) atoms. The summed E-state index contributed by atoms with van der Waals surface area (Å²) in [5.74, 6) is -0.587. The molecule has 0 aromatic heterocycles. The molecule has 2 amide bonds. The molecule has 5 nitrogen and oxygen atoms in total. The molecule has 0 atom stereocenters. The van der Waals surface area contributed by atoms with Crippen LogP contribution in [0.25, 0.3) is 6.08 Å². The molecule has 0 aliphatic rings. The molecule has 2 rings (SSSR count). The Bertz CT molecular complexity index is 812. The maximum absolute atomic E-state index is 12.7. The normalized spacial score (nSPS) is 11.4. The Morgan fingerprint density at radius 1 is 0.929 bits per heavy atom. The van der Waals surface area contributed by atoms with Gasteiger partial charge in [0.25, 0.3) is 5.91 Å². The third-order valence-corrected chi connectivity index (χ3v) is 4.51. The van der Waals surface area contributed by atoms with Crippen LogP contribution in [0.2, 0.25) is 0 Å². The molecule has 5 heteroatoms. The lowest BCUT2D eigenvalue weighted by atomic mass is 10.1. The van der Waals surface area contributed by atoms with Gasteiger partial charge in [-0.15, -0.1) is 0 Å². The van der Waals surface area contributed by atoms with Gasteiger partial charge in [0.05, 0.1) is 0 Å². The molecule has 0 aliphatic carbocycles. The number of hydrogen-bond acceptors (Lipinski definition) is 3. The Kier molecular flexibility index (Phi) is 8.43. The van der Waals surface area contributed by atoms with Crippen LogP contribution in [0, 0.1) is 0 Å². The van der Waals surface area contributed by atoms with Crippen molar-refractivity contribution in [3.63, 3.8) is 0 Å². The molecule has 2 N–H and O–H groups in total. The maximum atomic E-state index is 12.7. The van der Waals surface area contributed by atoms with Gasteiger partial charge >= 0.3 is 0 Å². The number of amides is 2. The molecule has 0 fully saturated rings. The Hall–Kier alpha value is -2.92. The van der Waals surface area contributed by atoms with Gasteiger partial charge in [-0.3, -0.25) is 14.5 Å². The van der Waals surface area contributed by atoms with E-state index in [1.165, 1.54) is 12.5 Å². The summed E-state index contributed by atoms with van der Waals surface area (Å²) in [5.41, 5.74) is 3.35. The van der Waals surface area contributed by atoms with E-state index >= 15 is 0 Å². The van der Waals surface area contributed by atoms with E-state index in [2.05, 4.69) is 35.4 Å². The molecule has 0 saturated carbocycles. The predicted octanol–water partition coefficient (Wildman–Crippen LogP) is 3.32. The summed E-state index contributed by atoms with van der Waals surface area (Å²) in [6.07, 6.45) is 1.68. The van der Waals surface area contributed by atoms with Gasteiger partial charge in [-0.1, -0.05) is 68.4 Å². The molecule has 0 radical (unpaired) electrons. The Morgan fingerprint density at radius 2 is 1.54 bits per heavy atom. The Labute approximate surface area is 167 Å². The second kappa shape index (κ2) is 11.0. The van der Waals surface area contributed by atoms with Crippen molar-refractivity contribution in [2.75, 3.05) is 13.1 Å². The fourth-order valence-corrected chi connectivity index (χ4v) is 2.91. The van der Waals surface area contributed by atoms with Crippen molar-refractivity contribution in [3.05, 3.63) is 77.0 Å². The highest BCUT2D eigenvalue weighted by Crippen LogP contribution is 2.12. The van der Waals surface area contributed by atoms with E-state index in [1.54, 1.807) is 6.08 Å². The first-order valence-corrected chi connectivity index (χ1v) is 9.65. The molecule has 2 aromatic carbocycles. The Balaban J connectivity index is 2.12. The molecule has 0 heterocycles. The fraction of sp³-hybridized carbons (Fsp3) is 0.304. The van der Waals surface area contributed by atoms with E-state index in [0.717, 1.165) is 30.8 Å². The fourth-order valence-electron chi connectivity index (χ4n) is 2.91. The smallest absolute Gasteiger partial charge is 0.268 e. The summed E-state index contributed by atoms with van der Waals surface area (Å²) in [4.78, 5) is 26.6. The summed E-state index contributed by atoms with van der Waals surface area (Å²) >= 11 is 0. The largest absolute Gasteiger partial charge is 0.347 e. The van der Waals surface area contributed by atoms with Gasteiger partial charge < -0.3 is 10.6 Å². The highest BCUT2D eigenvalue weighted by atomic mass is 16.2. The molecule has 0 saturated heterocycles. The molecule has 0 spiro atoms. The van der Waals surface area contributed by atoms with Gasteiger partial charge in [-0.05, 0) is 35.9 Å². The van der Waals surface area contributed by atoms with Gasteiger partial charge in [0, 0.05) is 20.0 Å². The minimum atomic E-state index is -0.309. The number of carbonyl (C=O) groups is 2. The van der Waals surface area contributed by atoms with E-state index in [9.17, 15) is 9.59 Å². The van der Waals surface area contributed by atoms with Gasteiger partial charge in [0.2, 0.25) is 5.91 Å². The molecule has 0 aliphatic heterocycles. The zero-order valence-electron chi connectivity index (χ0n) is 16.9. The maximum Gasteiger partial charge on any atom is 0.268 e. The first-order chi connectivity index (χ1) is 13.5. The van der Waals surface area contributed by atoms with Gasteiger partial charge in [0.1, 0.15) is 5.70 Å². The van der Waals surface area contributed by atoms with E-state index in [-0.39, 0.29) is 17.5 Å². The number of rotatable bonds is 9. The SMILES string of the molecule is CCN(CC)Cc1ccccc1CNC(=O)/C(=C/c1ccccc1)NC(C)=O. The first kappa shape index (κ1) is 21.4. The van der Waals surface area contributed by atoms with Crippen LogP contribution < -0.4 is 10.6 Å². The van der Waals surface area contributed by atoms with Crippen molar-refractivity contribution >= 4 is 17.9 Å². The third-order valence-electron chi connectivity index (χ3n) is 4.51. The molecule has 148 valence electrons. The summed E-state index contributed by atoms with van der Waals surface area (Å²) in [6.45, 7) is 8.88. The average molecular weight is 380 g/mol. The summed E-state index contributed by atoms with van der Waals surface area (Å²) in [5, 5.41) is 5.57. The topological polar surface area (TPSA) is 61.4 Å². The van der Waals surface area contributed by atoms with Crippen molar-refractivity contribution in [2.45, 2.75) is 33.9 Å². The van der Waals surface area contributed by atoms with Crippen LogP contribution in [-0.2, 0) is 22.7 Å². The van der Waals surface area contributed by atoms with Crippen LogP contribution >= 0.6 is 0 Å². The lowest BCUT2D eigenvalue weighted by Crippen LogP contribution is -2.34. The number of benzene rings is 2. The van der Waals surface area contributed by atoms with Crippen molar-refractivity contribution in [1.82, 2.24) is 15.5 Å². The van der Waals surface area contributed by atoms with E-state index in [1.807, 2.05) is 48.5 Å². The van der Waals surface area contributed by atoms with Crippen molar-refractivity contribution in [3.8, 4) is 0 Å². The van der Waals surface area contributed by atoms with Crippen LogP contribution in [0.3, 0.4) is 0 Å². The first-order valence-electron chi connectivity index (χ1n) is 9.65. The third kappa shape index (κ3) is 6.67. The van der Waals surface area contributed by atoms with Gasteiger partial charge in [0.15, 0.2) is 0 Å². The average Bonchev–Trinajstić information content (AvgIpc) is 2.71. The van der Waals surface area contributed by atoms with Crippen molar-refractivity contribution in [1.29, 1.82) is 0 Å². The number of nitrogens with zero attached hydrogens (tertiary/aromatic N) is 1. The number of nitrogens with one attached hydrogen (secondary N) is 2. The van der Waals surface area contributed by atoms with Crippen LogP contribution in [0.1, 0.15) is 37.5 Å². The second-order valence-electron chi connectivity index (χ2n) is 6.56. The zero-order valence-corrected chi connectivity index (χ0v) is 16.9. The van der Waals surface area contributed by atoms with Crippen LogP contribution in [0.4, 0.5) is 0 Å². The van der Waals surface area contributed by atoms with Crippen molar-refractivity contribution in [2.24, 2.45) is 0 Å². The second-order valence-corrected chi connectivity index (χ2v) is 6.56. The van der Waals surface area contributed by atoms with Crippen LogP contribution in [0.15, 0.2) is 60.3 Å². The number of hydrogen-bond donors (Lipinski definition) is 2. The van der Waals surface area contributed by atoms with Gasteiger partial charge in [-0.25, -0.2) is 0 Å². The molecular formula is C23H29N3O2. The minimum Gasteiger partial charge on any atom is -0.347 e. The molecule has 0 bridgehead atoms. The quantitative estimate of drug-likeness (QED) is 0.657. The van der Waals surface area contributed by atoms with E-state index in [0.29, 0.717) is 6.54 Å². The van der Waals surface area contributed by atoms with Crippen molar-refractivity contribution < 1.29 is 9.59 Å². The highest BCUT2D eigenvalue weighted by molar-refractivity contribution is 6.00. The zero-order chi connectivity index (χ0) is 20.4. The van der Waals surface area contributed by atoms with Gasteiger partial charge in [-0.2, -0.15) is 0 Å².